The highest BCUT2D eigenvalue weighted by molar-refractivity contribution is 5.27. The van der Waals surface area contributed by atoms with Crippen molar-refractivity contribution in [3.63, 3.8) is 0 Å². The molecule has 0 aromatic carbocycles. The summed E-state index contributed by atoms with van der Waals surface area (Å²) in [5, 5.41) is 8.05. The van der Waals surface area contributed by atoms with Gasteiger partial charge in [0, 0.05) is 49.8 Å². The lowest BCUT2D eigenvalue weighted by Gasteiger charge is -2.22. The Labute approximate surface area is 116 Å². The number of hydrogen-bond donors (Lipinski definition) is 2. The number of nitrogens with two attached hydrogens (primary N) is 1. The molecule has 0 radical (unpaired) electrons. The molecule has 0 saturated carbocycles. The average molecular weight is 262 g/mol. The van der Waals surface area contributed by atoms with E-state index in [4.69, 9.17) is 5.73 Å². The van der Waals surface area contributed by atoms with Gasteiger partial charge in [0.15, 0.2) is 0 Å². The zero-order valence-corrected chi connectivity index (χ0v) is 12.7. The number of nitrogens with one attached hydrogen (secondary N) is 1. The number of aromatic nitrogens is 2. The zero-order chi connectivity index (χ0) is 14.5. The van der Waals surface area contributed by atoms with Crippen molar-refractivity contribution in [2.75, 3.05) is 13.1 Å². The molecule has 4 heteroatoms. The molecule has 3 N–H and O–H groups in total. The SMILES string of the molecule is CC#CCCNC(CN)c1cn(C)nc1C(C)(C)C. The first kappa shape index (κ1) is 15.7. The van der Waals surface area contributed by atoms with E-state index in [9.17, 15) is 0 Å². The molecule has 19 heavy (non-hydrogen) atoms. The van der Waals surface area contributed by atoms with Crippen molar-refractivity contribution in [1.29, 1.82) is 0 Å². The van der Waals surface area contributed by atoms with Crippen molar-refractivity contribution >= 4 is 0 Å². The summed E-state index contributed by atoms with van der Waals surface area (Å²) >= 11 is 0. The van der Waals surface area contributed by atoms with Crippen LogP contribution in [0, 0.1) is 11.8 Å². The van der Waals surface area contributed by atoms with Gasteiger partial charge in [-0.2, -0.15) is 5.10 Å². The van der Waals surface area contributed by atoms with Crippen molar-refractivity contribution < 1.29 is 0 Å². The van der Waals surface area contributed by atoms with Crippen LogP contribution >= 0.6 is 0 Å². The highest BCUT2D eigenvalue weighted by Gasteiger charge is 2.25. The summed E-state index contributed by atoms with van der Waals surface area (Å²) in [6.45, 7) is 9.80. The molecule has 1 rings (SSSR count). The van der Waals surface area contributed by atoms with Crippen LogP contribution in [0.3, 0.4) is 0 Å². The summed E-state index contributed by atoms with van der Waals surface area (Å²) in [5.41, 5.74) is 8.24. The largest absolute Gasteiger partial charge is 0.329 e. The van der Waals surface area contributed by atoms with Gasteiger partial charge in [0.05, 0.1) is 5.69 Å². The second-order valence-electron chi connectivity index (χ2n) is 5.78. The third-order valence-electron chi connectivity index (χ3n) is 3.00. The van der Waals surface area contributed by atoms with Gasteiger partial charge in [0.1, 0.15) is 0 Å². The van der Waals surface area contributed by atoms with Crippen molar-refractivity contribution in [2.24, 2.45) is 12.8 Å². The quantitative estimate of drug-likeness (QED) is 0.627. The third kappa shape index (κ3) is 4.38. The molecule has 0 spiro atoms. The molecule has 0 aliphatic heterocycles. The number of hydrogen-bond acceptors (Lipinski definition) is 3. The molecule has 106 valence electrons. The van der Waals surface area contributed by atoms with Crippen LogP contribution in [0.2, 0.25) is 0 Å². The molecule has 1 unspecified atom stereocenters. The van der Waals surface area contributed by atoms with E-state index in [1.165, 1.54) is 5.56 Å². The molecular weight excluding hydrogens is 236 g/mol. The summed E-state index contributed by atoms with van der Waals surface area (Å²) in [6, 6.07) is 0.140. The molecule has 4 nitrogen and oxygen atoms in total. The van der Waals surface area contributed by atoms with E-state index in [1.54, 1.807) is 0 Å². The molecule has 0 aliphatic rings. The molecule has 0 saturated heterocycles. The number of nitrogens with zero attached hydrogens (tertiary/aromatic N) is 2. The van der Waals surface area contributed by atoms with Crippen molar-refractivity contribution in [1.82, 2.24) is 15.1 Å². The molecule has 1 atom stereocenters. The smallest absolute Gasteiger partial charge is 0.0726 e. The van der Waals surface area contributed by atoms with Gasteiger partial charge < -0.3 is 11.1 Å². The zero-order valence-electron chi connectivity index (χ0n) is 12.7. The fourth-order valence-electron chi connectivity index (χ4n) is 2.10. The highest BCUT2D eigenvalue weighted by atomic mass is 15.3. The molecule has 1 aromatic rings. The van der Waals surface area contributed by atoms with Crippen LogP contribution in [0.25, 0.3) is 0 Å². The van der Waals surface area contributed by atoms with E-state index in [1.807, 2.05) is 18.7 Å². The van der Waals surface area contributed by atoms with Crippen molar-refractivity contribution in [3.05, 3.63) is 17.5 Å². The van der Waals surface area contributed by atoms with Crippen LogP contribution in [-0.2, 0) is 12.5 Å². The Morgan fingerprint density at radius 2 is 2.16 bits per heavy atom. The van der Waals surface area contributed by atoms with Crippen LogP contribution in [0.15, 0.2) is 6.20 Å². The minimum atomic E-state index is 0.0227. The van der Waals surface area contributed by atoms with Gasteiger partial charge in [-0.15, -0.1) is 11.8 Å². The maximum Gasteiger partial charge on any atom is 0.0726 e. The lowest BCUT2D eigenvalue weighted by atomic mass is 9.87. The lowest BCUT2D eigenvalue weighted by Crippen LogP contribution is -2.31. The fourth-order valence-corrected chi connectivity index (χ4v) is 2.10. The average Bonchev–Trinajstić information content (AvgIpc) is 2.71. The monoisotopic (exact) mass is 262 g/mol. The van der Waals surface area contributed by atoms with Gasteiger partial charge in [-0.25, -0.2) is 0 Å². The Morgan fingerprint density at radius 1 is 1.47 bits per heavy atom. The first-order chi connectivity index (χ1) is 8.90. The second-order valence-corrected chi connectivity index (χ2v) is 5.78. The molecule has 0 amide bonds. The van der Waals surface area contributed by atoms with Crippen LogP contribution in [0.5, 0.6) is 0 Å². The minimum absolute atomic E-state index is 0.0227. The standard InChI is InChI=1S/C15H26N4/c1-6-7-8-9-17-13(10-16)12-11-19(5)18-14(12)15(2,3)4/h11,13,17H,8-10,16H2,1-5H3. The van der Waals surface area contributed by atoms with Gasteiger partial charge in [-0.05, 0) is 6.92 Å². The Balaban J connectivity index is 2.88. The van der Waals surface area contributed by atoms with E-state index >= 15 is 0 Å². The van der Waals surface area contributed by atoms with Crippen LogP contribution in [0.4, 0.5) is 0 Å². The van der Waals surface area contributed by atoms with Gasteiger partial charge in [-0.3, -0.25) is 4.68 Å². The lowest BCUT2D eigenvalue weighted by molar-refractivity contribution is 0.511. The molecule has 0 bridgehead atoms. The van der Waals surface area contributed by atoms with E-state index < -0.39 is 0 Å². The first-order valence-electron chi connectivity index (χ1n) is 6.77. The fraction of sp³-hybridized carbons (Fsp3) is 0.667. The molecule has 1 heterocycles. The Morgan fingerprint density at radius 3 is 2.68 bits per heavy atom. The maximum atomic E-state index is 5.91. The second kappa shape index (κ2) is 6.74. The topological polar surface area (TPSA) is 55.9 Å². The maximum absolute atomic E-state index is 5.91. The van der Waals surface area contributed by atoms with Gasteiger partial charge in [0.25, 0.3) is 0 Å². The molecule has 0 fully saturated rings. The third-order valence-corrected chi connectivity index (χ3v) is 3.00. The molecule has 1 aromatic heterocycles. The van der Waals surface area contributed by atoms with E-state index in [0.717, 1.165) is 18.7 Å². The molecule has 0 aliphatic carbocycles. The van der Waals surface area contributed by atoms with Gasteiger partial charge >= 0.3 is 0 Å². The predicted octanol–water partition coefficient (Wildman–Crippen LogP) is 1.72. The number of rotatable bonds is 5. The first-order valence-corrected chi connectivity index (χ1v) is 6.77. The van der Waals surface area contributed by atoms with Crippen LogP contribution in [0.1, 0.15) is 51.4 Å². The van der Waals surface area contributed by atoms with E-state index in [-0.39, 0.29) is 11.5 Å². The number of aryl methyl sites for hydroxylation is 1. The summed E-state index contributed by atoms with van der Waals surface area (Å²) in [6.07, 6.45) is 2.91. The van der Waals surface area contributed by atoms with Crippen LogP contribution < -0.4 is 11.1 Å². The van der Waals surface area contributed by atoms with Crippen LogP contribution in [-0.4, -0.2) is 22.9 Å². The van der Waals surface area contributed by atoms with Gasteiger partial charge in [0.2, 0.25) is 0 Å². The van der Waals surface area contributed by atoms with Gasteiger partial charge in [-0.1, -0.05) is 20.8 Å². The highest BCUT2D eigenvalue weighted by Crippen LogP contribution is 2.27. The Bertz CT molecular complexity index is 457. The molecular formula is C15H26N4. The summed E-state index contributed by atoms with van der Waals surface area (Å²) in [7, 11) is 1.95. The Hall–Kier alpha value is -1.31. The summed E-state index contributed by atoms with van der Waals surface area (Å²) in [5.74, 6) is 5.96. The summed E-state index contributed by atoms with van der Waals surface area (Å²) in [4.78, 5) is 0. The summed E-state index contributed by atoms with van der Waals surface area (Å²) < 4.78 is 1.87. The Kier molecular flexibility index (Phi) is 5.59. The normalized spacial score (nSPS) is 12.9. The van der Waals surface area contributed by atoms with E-state index in [2.05, 4.69) is 49.2 Å². The van der Waals surface area contributed by atoms with Crippen molar-refractivity contribution in [2.45, 2.75) is 45.6 Å². The van der Waals surface area contributed by atoms with Crippen molar-refractivity contribution in [3.8, 4) is 11.8 Å². The van der Waals surface area contributed by atoms with E-state index in [0.29, 0.717) is 6.54 Å². The minimum Gasteiger partial charge on any atom is -0.329 e. The predicted molar refractivity (Wildman–Crippen MR) is 79.8 cm³/mol.